The first-order valence-electron chi connectivity index (χ1n) is 2.45. The van der Waals surface area contributed by atoms with E-state index in [1.165, 1.54) is 6.42 Å². The van der Waals surface area contributed by atoms with Gasteiger partial charge in [-0.25, -0.2) is 0 Å². The fourth-order valence-electron chi connectivity index (χ4n) is 1.57. The van der Waals surface area contributed by atoms with Gasteiger partial charge in [0.1, 0.15) is 0 Å². The van der Waals surface area contributed by atoms with Gasteiger partial charge in [-0.05, 0) is 12.0 Å². The Balaban J connectivity index is 2.42. The maximum atomic E-state index is 2.43. The molecule has 0 aromatic carbocycles. The van der Waals surface area contributed by atoms with E-state index in [1.807, 2.05) is 0 Å². The lowest BCUT2D eigenvalue weighted by Gasteiger charge is -2.12. The highest BCUT2D eigenvalue weighted by Crippen LogP contribution is 2.58. The van der Waals surface area contributed by atoms with E-state index in [1.54, 1.807) is 5.57 Å². The SMILES string of the molecule is C1=C2CC3C2N13. The van der Waals surface area contributed by atoms with E-state index in [-0.39, 0.29) is 0 Å². The van der Waals surface area contributed by atoms with Crippen LogP contribution in [0.25, 0.3) is 0 Å². The third kappa shape index (κ3) is 0.0492. The Morgan fingerprint density at radius 3 is 2.83 bits per heavy atom. The second-order valence-electron chi connectivity index (χ2n) is 2.37. The van der Waals surface area contributed by atoms with Gasteiger partial charge in [-0.2, -0.15) is 0 Å². The van der Waals surface area contributed by atoms with Crippen LogP contribution in [0.4, 0.5) is 0 Å². The van der Waals surface area contributed by atoms with Crippen molar-refractivity contribution < 1.29 is 0 Å². The number of hydrogen-bond donors (Lipinski definition) is 0. The first-order valence-corrected chi connectivity index (χ1v) is 2.45. The molecule has 1 saturated heterocycles. The van der Waals surface area contributed by atoms with Crippen molar-refractivity contribution in [1.82, 2.24) is 4.90 Å². The van der Waals surface area contributed by atoms with Gasteiger partial charge in [0.15, 0.2) is 0 Å². The van der Waals surface area contributed by atoms with E-state index in [9.17, 15) is 0 Å². The van der Waals surface area contributed by atoms with E-state index in [2.05, 4.69) is 11.1 Å². The van der Waals surface area contributed by atoms with Crippen LogP contribution in [0.3, 0.4) is 0 Å². The Morgan fingerprint density at radius 1 is 1.83 bits per heavy atom. The minimum Gasteiger partial charge on any atom is -0.363 e. The van der Waals surface area contributed by atoms with Crippen LogP contribution in [0.5, 0.6) is 0 Å². The molecule has 3 rings (SSSR count). The summed E-state index contributed by atoms with van der Waals surface area (Å²) in [7, 11) is 0. The molecule has 0 radical (unpaired) electrons. The van der Waals surface area contributed by atoms with Crippen molar-refractivity contribution in [3.63, 3.8) is 0 Å². The lowest BCUT2D eigenvalue weighted by atomic mass is 9.93. The Labute approximate surface area is 36.3 Å². The minimum absolute atomic E-state index is 0.991. The van der Waals surface area contributed by atoms with Crippen molar-refractivity contribution in [3.8, 4) is 0 Å². The molecule has 0 spiro atoms. The van der Waals surface area contributed by atoms with Gasteiger partial charge in [-0.15, -0.1) is 0 Å². The summed E-state index contributed by atoms with van der Waals surface area (Å²) in [4.78, 5) is 2.43. The highest BCUT2D eigenvalue weighted by Gasteiger charge is 2.63. The molecule has 1 heteroatoms. The van der Waals surface area contributed by atoms with Gasteiger partial charge in [-0.3, -0.25) is 0 Å². The van der Waals surface area contributed by atoms with Crippen LogP contribution < -0.4 is 0 Å². The van der Waals surface area contributed by atoms with Gasteiger partial charge in [0.2, 0.25) is 0 Å². The molecule has 2 heterocycles. The average Bonchev–Trinajstić information content (AvgIpc) is 2.03. The molecule has 2 atom stereocenters. The first kappa shape index (κ1) is 2.01. The van der Waals surface area contributed by atoms with E-state index in [0.717, 1.165) is 12.1 Å². The largest absolute Gasteiger partial charge is 0.363 e. The lowest BCUT2D eigenvalue weighted by molar-refractivity contribution is 0.668. The highest BCUT2D eigenvalue weighted by atomic mass is 15.4. The first-order chi connectivity index (χ1) is 2.97. The Hall–Kier alpha value is -0.460. The highest BCUT2D eigenvalue weighted by molar-refractivity contribution is 5.48. The molecule has 6 heavy (non-hydrogen) atoms. The number of hydrogen-bond acceptors (Lipinski definition) is 1. The van der Waals surface area contributed by atoms with Crippen LogP contribution >= 0.6 is 0 Å². The monoisotopic (exact) mass is 79.0 g/mol. The Bertz CT molecular complexity index is 144. The molecule has 0 aromatic heterocycles. The molecule has 1 saturated carbocycles. The van der Waals surface area contributed by atoms with Crippen molar-refractivity contribution in [1.29, 1.82) is 0 Å². The molecule has 0 aromatic rings. The fraction of sp³-hybridized carbons (Fsp3) is 0.600. The van der Waals surface area contributed by atoms with Crippen molar-refractivity contribution in [2.24, 2.45) is 0 Å². The summed E-state index contributed by atoms with van der Waals surface area (Å²) in [6.45, 7) is 0. The zero-order valence-corrected chi connectivity index (χ0v) is 3.39. The van der Waals surface area contributed by atoms with E-state index in [0.29, 0.717) is 0 Å². The third-order valence-corrected chi connectivity index (χ3v) is 2.12. The summed E-state index contributed by atoms with van der Waals surface area (Å²) in [6, 6.07) is 2.00. The van der Waals surface area contributed by atoms with Crippen LogP contribution in [0.2, 0.25) is 0 Å². The topological polar surface area (TPSA) is 3.01 Å². The van der Waals surface area contributed by atoms with Gasteiger partial charge in [0.25, 0.3) is 0 Å². The summed E-state index contributed by atoms with van der Waals surface area (Å²) in [5.74, 6) is 0. The molecule has 2 aliphatic heterocycles. The van der Waals surface area contributed by atoms with Crippen LogP contribution in [-0.4, -0.2) is 17.0 Å². The second kappa shape index (κ2) is 0.310. The van der Waals surface area contributed by atoms with Crippen molar-refractivity contribution in [2.45, 2.75) is 18.5 Å². The van der Waals surface area contributed by atoms with Gasteiger partial charge in [0, 0.05) is 6.20 Å². The average molecular weight is 79.1 g/mol. The summed E-state index contributed by atoms with van der Waals surface area (Å²) >= 11 is 0. The molecular weight excluding hydrogens is 74.1 g/mol. The molecule has 2 unspecified atom stereocenters. The zero-order chi connectivity index (χ0) is 3.72. The second-order valence-corrected chi connectivity index (χ2v) is 2.37. The smallest absolute Gasteiger partial charge is 0.0725 e. The molecule has 2 fully saturated rings. The van der Waals surface area contributed by atoms with Gasteiger partial charge in [0.05, 0.1) is 12.1 Å². The summed E-state index contributed by atoms with van der Waals surface area (Å²) < 4.78 is 0. The minimum atomic E-state index is 0.991. The molecule has 30 valence electrons. The number of rotatable bonds is 0. The van der Waals surface area contributed by atoms with Crippen LogP contribution in [-0.2, 0) is 0 Å². The summed E-state index contributed by atoms with van der Waals surface area (Å²) in [6.07, 6.45) is 3.69. The fourth-order valence-corrected chi connectivity index (χ4v) is 1.57. The summed E-state index contributed by atoms with van der Waals surface area (Å²) in [5, 5.41) is 0. The Kier molecular flexibility index (Phi) is 0.104. The van der Waals surface area contributed by atoms with Gasteiger partial charge in [-0.1, -0.05) is 0 Å². The zero-order valence-electron chi connectivity index (χ0n) is 3.39. The van der Waals surface area contributed by atoms with Crippen LogP contribution in [0, 0.1) is 0 Å². The van der Waals surface area contributed by atoms with Gasteiger partial charge >= 0.3 is 0 Å². The number of fused-ring (bicyclic) bond motifs is 1. The normalized spacial score (nSPS) is 54.7. The standard InChI is InChI=1S/C5H5N/c1-3-2-6-4(1)5(3)6/h2,4-5H,1H2. The van der Waals surface area contributed by atoms with Crippen molar-refractivity contribution >= 4 is 0 Å². The molecule has 0 N–H and O–H groups in total. The Morgan fingerprint density at radius 2 is 2.83 bits per heavy atom. The maximum absolute atomic E-state index is 2.43. The number of nitrogens with zero attached hydrogens (tertiary/aromatic N) is 1. The third-order valence-electron chi connectivity index (χ3n) is 2.12. The lowest BCUT2D eigenvalue weighted by Crippen LogP contribution is -2.14. The molecule has 3 aliphatic rings. The van der Waals surface area contributed by atoms with E-state index >= 15 is 0 Å². The van der Waals surface area contributed by atoms with Crippen molar-refractivity contribution in [2.75, 3.05) is 0 Å². The van der Waals surface area contributed by atoms with Crippen molar-refractivity contribution in [3.05, 3.63) is 11.8 Å². The predicted octanol–water partition coefficient (Wildman–Crippen LogP) is 0.340. The molecule has 0 bridgehead atoms. The summed E-state index contributed by atoms with van der Waals surface area (Å²) in [5.41, 5.74) is 1.71. The van der Waals surface area contributed by atoms with Crippen LogP contribution in [0.15, 0.2) is 11.8 Å². The molecule has 0 amide bonds. The predicted molar refractivity (Wildman–Crippen MR) is 22.1 cm³/mol. The molecule has 1 aliphatic carbocycles. The van der Waals surface area contributed by atoms with Crippen LogP contribution in [0.1, 0.15) is 6.42 Å². The quantitative estimate of drug-likeness (QED) is 0.378. The maximum Gasteiger partial charge on any atom is 0.0725 e. The van der Waals surface area contributed by atoms with E-state index in [4.69, 9.17) is 0 Å². The van der Waals surface area contributed by atoms with Gasteiger partial charge < -0.3 is 4.90 Å². The molecular formula is C5H5N. The molecule has 1 nitrogen and oxygen atoms in total. The van der Waals surface area contributed by atoms with E-state index < -0.39 is 0 Å².